The Morgan fingerprint density at radius 1 is 1.11 bits per heavy atom. The van der Waals surface area contributed by atoms with Gasteiger partial charge in [-0.1, -0.05) is 11.6 Å². The van der Waals surface area contributed by atoms with E-state index in [9.17, 15) is 36.3 Å². The lowest BCUT2D eigenvalue weighted by Crippen LogP contribution is -2.49. The third-order valence-corrected chi connectivity index (χ3v) is 9.86. The molecule has 2 fully saturated rings. The van der Waals surface area contributed by atoms with Crippen LogP contribution in [0.25, 0.3) is 0 Å². The van der Waals surface area contributed by atoms with E-state index in [2.05, 4.69) is 10.1 Å². The van der Waals surface area contributed by atoms with Crippen LogP contribution in [0.1, 0.15) is 42.5 Å². The molecule has 0 aromatic heterocycles. The third kappa shape index (κ3) is 4.71. The molecular formula is C24H23ClF3NO6S. The van der Waals surface area contributed by atoms with Crippen molar-refractivity contribution in [2.75, 3.05) is 12.4 Å². The van der Waals surface area contributed by atoms with Crippen molar-refractivity contribution in [3.8, 4) is 0 Å². The van der Waals surface area contributed by atoms with Crippen LogP contribution in [0.15, 0.2) is 35.2 Å². The number of esters is 1. The number of aliphatic hydroxyl groups is 1. The molecular weight excluding hydrogens is 523 g/mol. The first kappa shape index (κ1) is 26.4. The average Bonchev–Trinajstić information content (AvgIpc) is 2.98. The van der Waals surface area contributed by atoms with Gasteiger partial charge in [-0.2, -0.15) is 0 Å². The number of benzene rings is 2. The topological polar surface area (TPSA) is 110 Å². The van der Waals surface area contributed by atoms with Crippen molar-refractivity contribution in [2.24, 2.45) is 11.8 Å². The van der Waals surface area contributed by atoms with Gasteiger partial charge in [0.15, 0.2) is 27.3 Å². The second kappa shape index (κ2) is 9.68. The highest BCUT2D eigenvalue weighted by Gasteiger charge is 2.56. The Morgan fingerprint density at radius 3 is 2.25 bits per heavy atom. The smallest absolute Gasteiger partial charge is 0.308 e. The Morgan fingerprint density at radius 2 is 1.69 bits per heavy atom. The van der Waals surface area contributed by atoms with Gasteiger partial charge in [0.05, 0.1) is 34.3 Å². The molecule has 7 nitrogen and oxygen atoms in total. The zero-order valence-electron chi connectivity index (χ0n) is 19.1. The maximum atomic E-state index is 13.5. The zero-order valence-corrected chi connectivity index (χ0v) is 20.6. The number of hydrogen-bond acceptors (Lipinski definition) is 6. The second-order valence-electron chi connectivity index (χ2n) is 9.21. The molecule has 2 bridgehead atoms. The molecule has 2 aliphatic rings. The van der Waals surface area contributed by atoms with Crippen LogP contribution in [0, 0.1) is 29.3 Å². The minimum absolute atomic E-state index is 0.104. The Balaban J connectivity index is 1.58. The molecule has 0 spiro atoms. The summed E-state index contributed by atoms with van der Waals surface area (Å²) in [6.07, 6.45) is 1.11. The van der Waals surface area contributed by atoms with Gasteiger partial charge in [-0.25, -0.2) is 21.6 Å². The van der Waals surface area contributed by atoms with Gasteiger partial charge >= 0.3 is 5.97 Å². The summed E-state index contributed by atoms with van der Waals surface area (Å²) in [7, 11) is -2.84. The summed E-state index contributed by atoms with van der Waals surface area (Å²) < 4.78 is 71.9. The monoisotopic (exact) mass is 545 g/mol. The number of sulfone groups is 1. The summed E-state index contributed by atoms with van der Waals surface area (Å²) in [5.74, 6) is -6.99. The largest absolute Gasteiger partial charge is 0.469 e. The molecule has 4 rings (SSSR count). The van der Waals surface area contributed by atoms with Gasteiger partial charge in [-0.15, -0.1) is 0 Å². The first-order chi connectivity index (χ1) is 16.9. The lowest BCUT2D eigenvalue weighted by Gasteiger charge is -2.41. The van der Waals surface area contributed by atoms with E-state index in [1.807, 2.05) is 0 Å². The van der Waals surface area contributed by atoms with E-state index in [0.717, 1.165) is 6.07 Å². The minimum Gasteiger partial charge on any atom is -0.469 e. The molecule has 2 aromatic carbocycles. The first-order valence-corrected chi connectivity index (χ1v) is 13.1. The van der Waals surface area contributed by atoms with Crippen LogP contribution in [-0.2, 0) is 19.4 Å². The van der Waals surface area contributed by atoms with Gasteiger partial charge in [0.2, 0.25) is 0 Å². The maximum absolute atomic E-state index is 13.5. The van der Waals surface area contributed by atoms with E-state index < -0.39 is 61.9 Å². The maximum Gasteiger partial charge on any atom is 0.308 e. The van der Waals surface area contributed by atoms with Crippen LogP contribution >= 0.6 is 11.6 Å². The highest BCUT2D eigenvalue weighted by molar-refractivity contribution is 7.92. The summed E-state index contributed by atoms with van der Waals surface area (Å²) in [5.41, 5.74) is -1.85. The van der Waals surface area contributed by atoms with E-state index in [1.165, 1.54) is 19.2 Å². The fraction of sp³-hybridized carbons (Fsp3) is 0.417. The molecule has 2 aliphatic carbocycles. The predicted octanol–water partition coefficient (Wildman–Crippen LogP) is 4.27. The molecule has 194 valence electrons. The lowest BCUT2D eigenvalue weighted by atomic mass is 9.72. The second-order valence-corrected chi connectivity index (χ2v) is 11.8. The summed E-state index contributed by atoms with van der Waals surface area (Å²) in [5, 5.41) is 12.3. The highest BCUT2D eigenvalue weighted by atomic mass is 35.5. The summed E-state index contributed by atoms with van der Waals surface area (Å²) >= 11 is 6.19. The molecule has 0 heterocycles. The van der Waals surface area contributed by atoms with Gasteiger partial charge in [0.25, 0.3) is 5.91 Å². The Bertz CT molecular complexity index is 1300. The Hall–Kier alpha value is -2.63. The summed E-state index contributed by atoms with van der Waals surface area (Å²) in [6, 6.07) is 4.72. The van der Waals surface area contributed by atoms with Crippen molar-refractivity contribution >= 4 is 39.0 Å². The van der Waals surface area contributed by atoms with E-state index >= 15 is 0 Å². The number of rotatable bonds is 6. The number of ether oxygens (including phenoxy) is 1. The predicted molar refractivity (Wildman–Crippen MR) is 124 cm³/mol. The molecule has 12 heteroatoms. The van der Waals surface area contributed by atoms with Crippen molar-refractivity contribution in [1.29, 1.82) is 0 Å². The van der Waals surface area contributed by atoms with Gasteiger partial charge < -0.3 is 15.2 Å². The number of nitrogens with one attached hydrogen (secondary N) is 1. The average molecular weight is 546 g/mol. The normalized spacial score (nSPS) is 25.4. The SMILES string of the molecule is COC(=O)C[C@@]1(O)C2CC[C@H]1C[C@H](S(=O)(=O)c1cc(C(=O)Nc3cc(F)c(F)c(F)c3)ccc1Cl)C2. The van der Waals surface area contributed by atoms with Crippen LogP contribution in [0.5, 0.6) is 0 Å². The van der Waals surface area contributed by atoms with E-state index in [-0.39, 0.29) is 40.4 Å². The van der Waals surface area contributed by atoms with Crippen molar-refractivity contribution in [2.45, 2.75) is 47.9 Å². The van der Waals surface area contributed by atoms with Gasteiger partial charge in [-0.05, 0) is 55.7 Å². The Labute approximate surface area is 210 Å². The molecule has 0 saturated heterocycles. The Kier molecular flexibility index (Phi) is 7.11. The quantitative estimate of drug-likeness (QED) is 0.414. The van der Waals surface area contributed by atoms with Gasteiger partial charge in [-0.3, -0.25) is 9.59 Å². The number of carbonyl (C=O) groups excluding carboxylic acids is 2. The molecule has 2 saturated carbocycles. The van der Waals surface area contributed by atoms with Crippen LogP contribution < -0.4 is 5.32 Å². The van der Waals surface area contributed by atoms with E-state index in [4.69, 9.17) is 11.6 Å². The zero-order chi connectivity index (χ0) is 26.4. The summed E-state index contributed by atoms with van der Waals surface area (Å²) in [6.45, 7) is 0. The number of anilines is 1. The van der Waals surface area contributed by atoms with Crippen LogP contribution in [-0.4, -0.2) is 43.4 Å². The van der Waals surface area contributed by atoms with Crippen LogP contribution in [0.4, 0.5) is 18.9 Å². The van der Waals surface area contributed by atoms with Crippen molar-refractivity contribution < 1.29 is 41.0 Å². The molecule has 1 unspecified atom stereocenters. The molecule has 4 atom stereocenters. The number of methoxy groups -OCH3 is 1. The molecule has 36 heavy (non-hydrogen) atoms. The van der Waals surface area contributed by atoms with E-state index in [0.29, 0.717) is 25.0 Å². The van der Waals surface area contributed by atoms with E-state index in [1.54, 1.807) is 0 Å². The lowest BCUT2D eigenvalue weighted by molar-refractivity contribution is -0.152. The van der Waals surface area contributed by atoms with Crippen molar-refractivity contribution in [3.63, 3.8) is 0 Å². The van der Waals surface area contributed by atoms with Crippen molar-refractivity contribution in [3.05, 3.63) is 58.4 Å². The third-order valence-electron chi connectivity index (χ3n) is 7.21. The number of amides is 1. The number of carbonyl (C=O) groups is 2. The van der Waals surface area contributed by atoms with Gasteiger partial charge in [0, 0.05) is 23.4 Å². The number of fused-ring (bicyclic) bond motifs is 2. The minimum atomic E-state index is -4.06. The first-order valence-electron chi connectivity index (χ1n) is 11.1. The fourth-order valence-electron chi connectivity index (χ4n) is 5.33. The standard InChI is InChI=1S/C24H23ClF3NO6S/c1-35-21(30)11-24(32)13-3-4-14(24)8-16(7-13)36(33,34)20-6-12(2-5-17(20)25)23(31)29-15-9-18(26)22(28)19(27)10-15/h2,5-6,9-10,13-14,16,32H,3-4,7-8,11H2,1H3,(H,29,31)/t13-,14?,16-,24-/m0/s1. The summed E-state index contributed by atoms with van der Waals surface area (Å²) in [4.78, 5) is 24.2. The van der Waals surface area contributed by atoms with Crippen molar-refractivity contribution in [1.82, 2.24) is 0 Å². The molecule has 1 amide bonds. The molecule has 0 radical (unpaired) electrons. The number of halogens is 4. The van der Waals surface area contributed by atoms with Crippen LogP contribution in [0.2, 0.25) is 5.02 Å². The van der Waals surface area contributed by atoms with Gasteiger partial charge in [0.1, 0.15) is 0 Å². The molecule has 2 N–H and O–H groups in total. The fourth-order valence-corrected chi connectivity index (χ4v) is 7.73. The molecule has 2 aromatic rings. The number of hydrogen-bond donors (Lipinski definition) is 2. The highest BCUT2D eigenvalue weighted by Crippen LogP contribution is 2.53. The molecule has 0 aliphatic heterocycles. The van der Waals surface area contributed by atoms with Crippen LogP contribution in [0.3, 0.4) is 0 Å².